The summed E-state index contributed by atoms with van der Waals surface area (Å²) in [5.74, 6) is 1.60. The number of thioether (sulfide) groups is 1. The minimum absolute atomic E-state index is 0.211. The molecule has 1 aromatic carbocycles. The van der Waals surface area contributed by atoms with Crippen LogP contribution in [0.4, 0.5) is 0 Å². The highest BCUT2D eigenvalue weighted by Gasteiger charge is 2.45. The van der Waals surface area contributed by atoms with Crippen LogP contribution in [0.3, 0.4) is 0 Å². The van der Waals surface area contributed by atoms with Gasteiger partial charge in [-0.25, -0.2) is 0 Å². The van der Waals surface area contributed by atoms with Gasteiger partial charge in [0.2, 0.25) is 0 Å². The Balaban J connectivity index is 2.44. The molecule has 1 aliphatic rings. The molecule has 0 aromatic heterocycles. The van der Waals surface area contributed by atoms with Gasteiger partial charge in [-0.15, -0.1) is 11.8 Å². The third-order valence-electron chi connectivity index (χ3n) is 3.52. The lowest BCUT2D eigenvalue weighted by Crippen LogP contribution is -2.36. The Morgan fingerprint density at radius 1 is 1.22 bits per heavy atom. The van der Waals surface area contributed by atoms with E-state index < -0.39 is 0 Å². The van der Waals surface area contributed by atoms with Gasteiger partial charge in [-0.05, 0) is 31.2 Å². The molecular weight excluding hydrogens is 248 g/mol. The Labute approximate surface area is 112 Å². The van der Waals surface area contributed by atoms with Crippen molar-refractivity contribution in [2.45, 2.75) is 29.3 Å². The van der Waals surface area contributed by atoms with Crippen molar-refractivity contribution in [3.05, 3.63) is 17.7 Å². The minimum atomic E-state index is -0.279. The second-order valence-corrected chi connectivity index (χ2v) is 5.51. The Kier molecular flexibility index (Phi) is 3.75. The molecule has 1 saturated carbocycles. The van der Waals surface area contributed by atoms with Crippen LogP contribution in [0.25, 0.3) is 0 Å². The summed E-state index contributed by atoms with van der Waals surface area (Å²) < 4.78 is 10.8. The van der Waals surface area contributed by atoms with Crippen LogP contribution in [0, 0.1) is 0 Å². The summed E-state index contributed by atoms with van der Waals surface area (Å²) in [5, 5.41) is 0. The second kappa shape index (κ2) is 4.99. The van der Waals surface area contributed by atoms with Crippen molar-refractivity contribution < 1.29 is 9.47 Å². The first kappa shape index (κ1) is 13.5. The summed E-state index contributed by atoms with van der Waals surface area (Å²) in [6, 6.07) is 3.70. The summed E-state index contributed by atoms with van der Waals surface area (Å²) in [7, 11) is 3.31. The van der Waals surface area contributed by atoms with Crippen molar-refractivity contribution in [3.63, 3.8) is 0 Å². The highest BCUT2D eigenvalue weighted by molar-refractivity contribution is 7.98. The average Bonchev–Trinajstić information content (AvgIpc) is 3.15. The number of hydrogen-bond donors (Lipinski definition) is 2. The predicted octanol–water partition coefficient (Wildman–Crippen LogP) is 1.92. The van der Waals surface area contributed by atoms with Gasteiger partial charge in [0.25, 0.3) is 0 Å². The van der Waals surface area contributed by atoms with Crippen molar-refractivity contribution in [1.82, 2.24) is 0 Å². The van der Waals surface area contributed by atoms with Crippen LogP contribution in [0.5, 0.6) is 11.5 Å². The second-order valence-electron chi connectivity index (χ2n) is 4.66. The molecule has 0 spiro atoms. The number of methoxy groups -OCH3 is 2. The van der Waals surface area contributed by atoms with Crippen molar-refractivity contribution >= 4 is 11.8 Å². The van der Waals surface area contributed by atoms with Crippen LogP contribution >= 0.6 is 11.8 Å². The maximum Gasteiger partial charge on any atom is 0.133 e. The molecule has 0 aliphatic heterocycles. The third kappa shape index (κ3) is 2.30. The fraction of sp³-hybridized carbons (Fsp3) is 0.538. The van der Waals surface area contributed by atoms with Crippen LogP contribution in [0.2, 0.25) is 0 Å². The Hall–Kier alpha value is -0.910. The van der Waals surface area contributed by atoms with Crippen LogP contribution in [0.15, 0.2) is 17.0 Å². The first-order valence-electron chi connectivity index (χ1n) is 5.90. The van der Waals surface area contributed by atoms with E-state index in [1.165, 1.54) is 0 Å². The molecule has 0 saturated heterocycles. The molecule has 2 rings (SSSR count). The van der Waals surface area contributed by atoms with Crippen molar-refractivity contribution in [2.75, 3.05) is 20.5 Å². The first-order valence-corrected chi connectivity index (χ1v) is 7.12. The zero-order valence-electron chi connectivity index (χ0n) is 11.0. The predicted molar refractivity (Wildman–Crippen MR) is 74.4 cm³/mol. The summed E-state index contributed by atoms with van der Waals surface area (Å²) in [4.78, 5) is 1.03. The number of benzene rings is 1. The highest BCUT2D eigenvalue weighted by atomic mass is 32.2. The zero-order valence-corrected chi connectivity index (χ0v) is 11.8. The van der Waals surface area contributed by atoms with Gasteiger partial charge in [-0.2, -0.15) is 0 Å². The molecule has 1 atom stereocenters. The van der Waals surface area contributed by atoms with Crippen molar-refractivity contribution in [1.29, 1.82) is 0 Å². The lowest BCUT2D eigenvalue weighted by molar-refractivity contribution is 0.382. The molecule has 0 heterocycles. The zero-order chi connectivity index (χ0) is 13.3. The van der Waals surface area contributed by atoms with Crippen LogP contribution in [0.1, 0.15) is 24.4 Å². The highest BCUT2D eigenvalue weighted by Crippen LogP contribution is 2.46. The van der Waals surface area contributed by atoms with Crippen LogP contribution < -0.4 is 20.9 Å². The summed E-state index contributed by atoms with van der Waals surface area (Å²) in [6.45, 7) is 0. The molecule has 100 valence electrons. The molecule has 0 radical (unpaired) electrons. The number of hydrogen-bond acceptors (Lipinski definition) is 5. The van der Waals surface area contributed by atoms with E-state index in [-0.39, 0.29) is 11.6 Å². The van der Waals surface area contributed by atoms with Crippen LogP contribution in [-0.4, -0.2) is 26.0 Å². The molecular formula is C13H20N2O2S. The van der Waals surface area contributed by atoms with E-state index in [0.29, 0.717) is 0 Å². The normalized spacial score (nSPS) is 18.3. The van der Waals surface area contributed by atoms with E-state index in [2.05, 4.69) is 0 Å². The van der Waals surface area contributed by atoms with Gasteiger partial charge in [0.1, 0.15) is 11.5 Å². The molecule has 5 heteroatoms. The third-order valence-corrected chi connectivity index (χ3v) is 4.28. The first-order chi connectivity index (χ1) is 8.55. The standard InChI is InChI=1S/C13H20N2O2S/c1-16-9-7-11(18-3)10(17-2)6-8(9)12(14)13(15)4-5-13/h6-7,12H,4-5,14-15H2,1-3H3. The Morgan fingerprint density at radius 2 is 1.83 bits per heavy atom. The Bertz CT molecular complexity index is 447. The van der Waals surface area contributed by atoms with Gasteiger partial charge in [-0.1, -0.05) is 0 Å². The van der Waals surface area contributed by atoms with Gasteiger partial charge >= 0.3 is 0 Å². The van der Waals surface area contributed by atoms with E-state index in [0.717, 1.165) is 34.8 Å². The fourth-order valence-corrected chi connectivity index (χ4v) is 2.63. The monoisotopic (exact) mass is 268 g/mol. The van der Waals surface area contributed by atoms with Crippen LogP contribution in [-0.2, 0) is 0 Å². The van der Waals surface area contributed by atoms with Crippen molar-refractivity contribution in [2.24, 2.45) is 11.5 Å². The average molecular weight is 268 g/mol. The van der Waals surface area contributed by atoms with Gasteiger partial charge in [0, 0.05) is 11.1 Å². The smallest absolute Gasteiger partial charge is 0.133 e. The van der Waals surface area contributed by atoms with E-state index in [1.807, 2.05) is 18.4 Å². The molecule has 0 amide bonds. The van der Waals surface area contributed by atoms with E-state index >= 15 is 0 Å². The lowest BCUT2D eigenvalue weighted by atomic mass is 9.97. The topological polar surface area (TPSA) is 70.5 Å². The van der Waals surface area contributed by atoms with E-state index in [9.17, 15) is 0 Å². The van der Waals surface area contributed by atoms with Gasteiger partial charge in [0.15, 0.2) is 0 Å². The molecule has 1 aliphatic carbocycles. The van der Waals surface area contributed by atoms with Gasteiger partial charge < -0.3 is 20.9 Å². The van der Waals surface area contributed by atoms with Gasteiger partial charge in [0.05, 0.1) is 25.2 Å². The molecule has 4 nitrogen and oxygen atoms in total. The quantitative estimate of drug-likeness (QED) is 0.798. The molecule has 18 heavy (non-hydrogen) atoms. The summed E-state index contributed by atoms with van der Waals surface area (Å²) >= 11 is 1.62. The number of rotatable bonds is 5. The molecule has 1 unspecified atom stereocenters. The summed E-state index contributed by atoms with van der Waals surface area (Å²) in [6.07, 6.45) is 3.93. The van der Waals surface area contributed by atoms with E-state index in [4.69, 9.17) is 20.9 Å². The number of nitrogens with two attached hydrogens (primary N) is 2. The van der Waals surface area contributed by atoms with Gasteiger partial charge in [-0.3, -0.25) is 0 Å². The minimum Gasteiger partial charge on any atom is -0.496 e. The lowest BCUT2D eigenvalue weighted by Gasteiger charge is -2.23. The molecule has 1 fully saturated rings. The fourth-order valence-electron chi connectivity index (χ4n) is 2.06. The maximum atomic E-state index is 6.26. The molecule has 1 aromatic rings. The largest absolute Gasteiger partial charge is 0.496 e. The number of ether oxygens (including phenoxy) is 2. The van der Waals surface area contributed by atoms with E-state index in [1.54, 1.807) is 26.0 Å². The molecule has 4 N–H and O–H groups in total. The summed E-state index contributed by atoms with van der Waals surface area (Å²) in [5.41, 5.74) is 13.1. The molecule has 0 bridgehead atoms. The maximum absolute atomic E-state index is 6.26. The Morgan fingerprint density at radius 3 is 2.28 bits per heavy atom. The SMILES string of the molecule is COc1cc(C(N)C2(N)CC2)c(OC)cc1SC. The van der Waals surface area contributed by atoms with Crippen molar-refractivity contribution in [3.8, 4) is 11.5 Å².